The molecule has 0 amide bonds. The summed E-state index contributed by atoms with van der Waals surface area (Å²) in [4.78, 5) is 7.14. The standard InChI is InChI=1S/C47H30N2O2/c1-3-9-31(10-4-1)33-17-21-38(22-18-33)49(39-23-19-34(20-24-39)37-16-15-32-11-7-8-14-36(32)27-37)40-25-26-44-41(28-40)42-29-43-46(30-45(42)50-44)51-47(48-43)35-12-5-2-6-13-35/h1-30H. The lowest BCUT2D eigenvalue weighted by Crippen LogP contribution is -2.09. The Bertz CT molecular complexity index is 2840. The van der Waals surface area contributed by atoms with Crippen molar-refractivity contribution >= 4 is 60.9 Å². The molecule has 0 aliphatic heterocycles. The van der Waals surface area contributed by atoms with Crippen LogP contribution in [0.1, 0.15) is 0 Å². The highest BCUT2D eigenvalue weighted by molar-refractivity contribution is 6.10. The third kappa shape index (κ3) is 5.22. The Balaban J connectivity index is 1.08. The fourth-order valence-corrected chi connectivity index (χ4v) is 7.08. The number of hydrogen-bond donors (Lipinski definition) is 0. The first-order valence-corrected chi connectivity index (χ1v) is 17.1. The van der Waals surface area contributed by atoms with E-state index in [0.29, 0.717) is 11.5 Å². The molecule has 240 valence electrons. The molecule has 0 aliphatic carbocycles. The number of furan rings is 1. The van der Waals surface area contributed by atoms with Gasteiger partial charge in [-0.25, -0.2) is 4.98 Å². The van der Waals surface area contributed by atoms with Crippen LogP contribution >= 0.6 is 0 Å². The van der Waals surface area contributed by atoms with Crippen molar-refractivity contribution < 1.29 is 8.83 Å². The van der Waals surface area contributed by atoms with Gasteiger partial charge in [0.15, 0.2) is 5.58 Å². The van der Waals surface area contributed by atoms with Crippen LogP contribution in [-0.4, -0.2) is 4.98 Å². The molecule has 51 heavy (non-hydrogen) atoms. The Morgan fingerprint density at radius 1 is 0.353 bits per heavy atom. The van der Waals surface area contributed by atoms with Crippen LogP contribution in [0.5, 0.6) is 0 Å². The molecule has 0 N–H and O–H groups in total. The van der Waals surface area contributed by atoms with E-state index < -0.39 is 0 Å². The topological polar surface area (TPSA) is 42.4 Å². The van der Waals surface area contributed by atoms with Gasteiger partial charge >= 0.3 is 0 Å². The number of aromatic nitrogens is 1. The molecule has 10 rings (SSSR count). The first kappa shape index (κ1) is 29.0. The Morgan fingerprint density at radius 3 is 1.65 bits per heavy atom. The van der Waals surface area contributed by atoms with Crippen LogP contribution in [0.4, 0.5) is 17.1 Å². The quantitative estimate of drug-likeness (QED) is 0.179. The van der Waals surface area contributed by atoms with Gasteiger partial charge in [0.25, 0.3) is 0 Å². The first-order valence-electron chi connectivity index (χ1n) is 17.1. The summed E-state index contributed by atoms with van der Waals surface area (Å²) in [7, 11) is 0. The molecule has 0 saturated carbocycles. The summed E-state index contributed by atoms with van der Waals surface area (Å²) in [6.07, 6.45) is 0. The Morgan fingerprint density at radius 2 is 0.922 bits per heavy atom. The van der Waals surface area contributed by atoms with Crippen molar-refractivity contribution in [1.82, 2.24) is 4.98 Å². The van der Waals surface area contributed by atoms with E-state index >= 15 is 0 Å². The van der Waals surface area contributed by atoms with E-state index in [9.17, 15) is 0 Å². The minimum Gasteiger partial charge on any atom is -0.456 e. The van der Waals surface area contributed by atoms with Crippen LogP contribution in [0.15, 0.2) is 191 Å². The lowest BCUT2D eigenvalue weighted by atomic mass is 10.0. The predicted octanol–water partition coefficient (Wildman–Crippen LogP) is 13.4. The van der Waals surface area contributed by atoms with Gasteiger partial charge in [0.1, 0.15) is 16.7 Å². The molecular formula is C47H30N2O2. The second kappa shape index (κ2) is 11.9. The number of benzene rings is 8. The molecule has 2 aromatic heterocycles. The smallest absolute Gasteiger partial charge is 0.227 e. The van der Waals surface area contributed by atoms with Crippen molar-refractivity contribution in [3.63, 3.8) is 0 Å². The number of anilines is 3. The van der Waals surface area contributed by atoms with E-state index in [1.807, 2.05) is 42.5 Å². The molecule has 10 aromatic rings. The van der Waals surface area contributed by atoms with Crippen LogP contribution in [0, 0.1) is 0 Å². The number of rotatable bonds is 6. The van der Waals surface area contributed by atoms with Crippen molar-refractivity contribution in [3.05, 3.63) is 182 Å². The Labute approximate surface area is 294 Å². The van der Waals surface area contributed by atoms with Gasteiger partial charge in [-0.3, -0.25) is 0 Å². The summed E-state index contributed by atoms with van der Waals surface area (Å²) in [5.74, 6) is 0.598. The van der Waals surface area contributed by atoms with Gasteiger partial charge in [0.2, 0.25) is 5.89 Å². The molecule has 0 spiro atoms. The van der Waals surface area contributed by atoms with E-state index in [4.69, 9.17) is 13.8 Å². The van der Waals surface area contributed by atoms with Crippen LogP contribution in [-0.2, 0) is 0 Å². The third-order valence-corrected chi connectivity index (χ3v) is 9.68. The summed E-state index contributed by atoms with van der Waals surface area (Å²) in [5.41, 5.74) is 11.9. The Hall–Kier alpha value is -6.91. The lowest BCUT2D eigenvalue weighted by Gasteiger charge is -2.26. The van der Waals surface area contributed by atoms with Crippen LogP contribution in [0.2, 0.25) is 0 Å². The average Bonchev–Trinajstić information content (AvgIpc) is 3.78. The number of fused-ring (bicyclic) bond motifs is 5. The highest BCUT2D eigenvalue weighted by Crippen LogP contribution is 2.41. The van der Waals surface area contributed by atoms with E-state index in [2.05, 4.69) is 144 Å². The van der Waals surface area contributed by atoms with Crippen molar-refractivity contribution in [2.45, 2.75) is 0 Å². The second-order valence-corrected chi connectivity index (χ2v) is 12.8. The molecule has 0 radical (unpaired) electrons. The van der Waals surface area contributed by atoms with E-state index in [-0.39, 0.29) is 0 Å². The van der Waals surface area contributed by atoms with Crippen LogP contribution in [0.3, 0.4) is 0 Å². The van der Waals surface area contributed by atoms with Crippen LogP contribution in [0.25, 0.3) is 77.5 Å². The van der Waals surface area contributed by atoms with E-state index in [1.165, 1.54) is 33.0 Å². The second-order valence-electron chi connectivity index (χ2n) is 12.8. The fraction of sp³-hybridized carbons (Fsp3) is 0. The molecule has 0 unspecified atom stereocenters. The molecule has 8 aromatic carbocycles. The molecule has 4 nitrogen and oxygen atoms in total. The molecule has 0 saturated heterocycles. The summed E-state index contributed by atoms with van der Waals surface area (Å²) in [6, 6.07) is 63.7. The highest BCUT2D eigenvalue weighted by atomic mass is 16.4. The Kier molecular flexibility index (Phi) is 6.78. The van der Waals surface area contributed by atoms with Crippen molar-refractivity contribution in [2.24, 2.45) is 0 Å². The number of nitrogens with zero attached hydrogens (tertiary/aromatic N) is 2. The SMILES string of the molecule is c1ccc(-c2ccc(N(c3ccc(-c4ccc5ccccc5c4)cc3)c3ccc4oc5cc6oc(-c7ccccc7)nc6cc5c4c3)cc2)cc1. The molecule has 0 fully saturated rings. The predicted molar refractivity (Wildman–Crippen MR) is 210 cm³/mol. The zero-order valence-corrected chi connectivity index (χ0v) is 27.5. The highest BCUT2D eigenvalue weighted by Gasteiger charge is 2.18. The maximum Gasteiger partial charge on any atom is 0.227 e. The van der Waals surface area contributed by atoms with Gasteiger partial charge in [0, 0.05) is 39.5 Å². The minimum absolute atomic E-state index is 0.598. The number of oxazole rings is 1. The first-order chi connectivity index (χ1) is 25.2. The molecule has 0 bridgehead atoms. The molecular weight excluding hydrogens is 625 g/mol. The maximum atomic E-state index is 6.38. The van der Waals surface area contributed by atoms with Gasteiger partial charge in [0.05, 0.1) is 0 Å². The van der Waals surface area contributed by atoms with Gasteiger partial charge in [-0.2, -0.15) is 0 Å². The maximum absolute atomic E-state index is 6.38. The van der Waals surface area contributed by atoms with Gasteiger partial charge in [-0.05, 0) is 99.8 Å². The normalized spacial score (nSPS) is 11.5. The molecule has 2 heterocycles. The van der Waals surface area contributed by atoms with Crippen molar-refractivity contribution in [1.29, 1.82) is 0 Å². The van der Waals surface area contributed by atoms with E-state index in [0.717, 1.165) is 50.1 Å². The lowest BCUT2D eigenvalue weighted by molar-refractivity contribution is 0.617. The van der Waals surface area contributed by atoms with Gasteiger partial charge < -0.3 is 13.7 Å². The fourth-order valence-electron chi connectivity index (χ4n) is 7.08. The monoisotopic (exact) mass is 654 g/mol. The van der Waals surface area contributed by atoms with Gasteiger partial charge in [-0.1, -0.05) is 109 Å². The zero-order chi connectivity index (χ0) is 33.7. The summed E-state index contributed by atoms with van der Waals surface area (Å²) >= 11 is 0. The summed E-state index contributed by atoms with van der Waals surface area (Å²) < 4.78 is 12.5. The van der Waals surface area contributed by atoms with Crippen LogP contribution < -0.4 is 4.90 Å². The summed E-state index contributed by atoms with van der Waals surface area (Å²) in [5, 5.41) is 4.50. The molecule has 4 heteroatoms. The molecule has 0 atom stereocenters. The zero-order valence-electron chi connectivity index (χ0n) is 27.5. The average molecular weight is 655 g/mol. The third-order valence-electron chi connectivity index (χ3n) is 9.68. The summed E-state index contributed by atoms with van der Waals surface area (Å²) in [6.45, 7) is 0. The van der Waals surface area contributed by atoms with Crippen molar-refractivity contribution in [3.8, 4) is 33.7 Å². The largest absolute Gasteiger partial charge is 0.456 e. The van der Waals surface area contributed by atoms with Gasteiger partial charge in [-0.15, -0.1) is 0 Å². The molecule has 0 aliphatic rings. The minimum atomic E-state index is 0.598. The van der Waals surface area contributed by atoms with Crippen molar-refractivity contribution in [2.75, 3.05) is 4.90 Å². The van der Waals surface area contributed by atoms with E-state index in [1.54, 1.807) is 0 Å². The number of hydrogen-bond acceptors (Lipinski definition) is 4.